The van der Waals surface area contributed by atoms with Crippen LogP contribution in [0.15, 0.2) is 48.8 Å². The van der Waals surface area contributed by atoms with Crippen LogP contribution < -0.4 is 4.74 Å². The number of hydrogen-bond donors (Lipinski definition) is 1. The summed E-state index contributed by atoms with van der Waals surface area (Å²) >= 11 is 11.9. The number of aromatic nitrogens is 2. The molecule has 0 radical (unpaired) electrons. The standard InChI is InChI=1S/C16H14Cl2N2O2/c17-11-5-6-16(13(18)7-11)22-9-12(21)8-20-10-19-14-3-1-2-4-15(14)20/h1-7,10,12,21H,8-9H2/t12-/m1/s1. The average Bonchev–Trinajstić information content (AvgIpc) is 2.90. The number of imidazole rings is 1. The lowest BCUT2D eigenvalue weighted by molar-refractivity contribution is 0.0935. The van der Waals surface area contributed by atoms with Crippen molar-refractivity contribution in [3.05, 3.63) is 58.8 Å². The van der Waals surface area contributed by atoms with Crippen LogP contribution in [-0.2, 0) is 6.54 Å². The van der Waals surface area contributed by atoms with Gasteiger partial charge in [0.05, 0.1) is 28.9 Å². The van der Waals surface area contributed by atoms with Crippen molar-refractivity contribution < 1.29 is 9.84 Å². The molecule has 1 atom stereocenters. The van der Waals surface area contributed by atoms with Crippen LogP contribution in [0.2, 0.25) is 10.0 Å². The fourth-order valence-corrected chi connectivity index (χ4v) is 2.68. The molecule has 114 valence electrons. The number of fused-ring (bicyclic) bond motifs is 1. The summed E-state index contributed by atoms with van der Waals surface area (Å²) in [7, 11) is 0. The van der Waals surface area contributed by atoms with E-state index >= 15 is 0 Å². The van der Waals surface area contributed by atoms with Gasteiger partial charge in [0.1, 0.15) is 18.5 Å². The summed E-state index contributed by atoms with van der Waals surface area (Å²) in [6.45, 7) is 0.527. The third-order valence-corrected chi connectivity index (χ3v) is 3.79. The number of benzene rings is 2. The second kappa shape index (κ2) is 6.57. The molecule has 2 aromatic carbocycles. The van der Waals surface area contributed by atoms with Gasteiger partial charge in [-0.3, -0.25) is 0 Å². The Morgan fingerprint density at radius 3 is 2.82 bits per heavy atom. The van der Waals surface area contributed by atoms with Crippen molar-refractivity contribution in [3.8, 4) is 5.75 Å². The molecular formula is C16H14Cl2N2O2. The molecule has 0 aliphatic rings. The summed E-state index contributed by atoms with van der Waals surface area (Å²) in [5.74, 6) is 0.501. The first-order chi connectivity index (χ1) is 10.6. The molecule has 1 aromatic heterocycles. The van der Waals surface area contributed by atoms with Crippen molar-refractivity contribution in [1.82, 2.24) is 9.55 Å². The van der Waals surface area contributed by atoms with Gasteiger partial charge in [0.15, 0.2) is 0 Å². The summed E-state index contributed by atoms with van der Waals surface area (Å²) in [5, 5.41) is 11.1. The highest BCUT2D eigenvalue weighted by molar-refractivity contribution is 6.35. The molecule has 0 amide bonds. The van der Waals surface area contributed by atoms with Gasteiger partial charge in [-0.25, -0.2) is 4.98 Å². The van der Waals surface area contributed by atoms with E-state index in [9.17, 15) is 5.11 Å². The average molecular weight is 337 g/mol. The third kappa shape index (κ3) is 3.35. The molecule has 0 fully saturated rings. The second-order valence-corrected chi connectivity index (χ2v) is 5.77. The molecule has 3 aromatic rings. The Kier molecular flexibility index (Phi) is 4.52. The first-order valence-corrected chi connectivity index (χ1v) is 7.55. The van der Waals surface area contributed by atoms with Crippen molar-refractivity contribution in [2.75, 3.05) is 6.61 Å². The van der Waals surface area contributed by atoms with Crippen molar-refractivity contribution in [2.24, 2.45) is 0 Å². The molecule has 1 heterocycles. The highest BCUT2D eigenvalue weighted by Gasteiger charge is 2.10. The largest absolute Gasteiger partial charge is 0.489 e. The SMILES string of the molecule is O[C@@H](COc1ccc(Cl)cc1Cl)Cn1cnc2ccccc21. The summed E-state index contributed by atoms with van der Waals surface area (Å²) in [5.41, 5.74) is 1.88. The number of nitrogens with zero attached hydrogens (tertiary/aromatic N) is 2. The van der Waals surface area contributed by atoms with Gasteiger partial charge in [0.2, 0.25) is 0 Å². The Bertz CT molecular complexity index is 789. The summed E-state index contributed by atoms with van der Waals surface area (Å²) in [6, 6.07) is 12.8. The highest BCUT2D eigenvalue weighted by Crippen LogP contribution is 2.27. The number of hydrogen-bond acceptors (Lipinski definition) is 3. The van der Waals surface area contributed by atoms with Crippen LogP contribution in [0.3, 0.4) is 0 Å². The van der Waals surface area contributed by atoms with Crippen LogP contribution in [0, 0.1) is 0 Å². The van der Waals surface area contributed by atoms with Crippen LogP contribution in [0.1, 0.15) is 0 Å². The molecule has 0 saturated carbocycles. The Morgan fingerprint density at radius 2 is 2.00 bits per heavy atom. The minimum absolute atomic E-state index is 0.133. The predicted octanol–water partition coefficient (Wildman–Crippen LogP) is 3.78. The quantitative estimate of drug-likeness (QED) is 0.771. The van der Waals surface area contributed by atoms with Crippen LogP contribution in [-0.4, -0.2) is 27.4 Å². The maximum Gasteiger partial charge on any atom is 0.138 e. The van der Waals surface area contributed by atoms with Crippen LogP contribution in [0.5, 0.6) is 5.75 Å². The van der Waals surface area contributed by atoms with Gasteiger partial charge in [0.25, 0.3) is 0 Å². The number of aliphatic hydroxyl groups is 1. The van der Waals surface area contributed by atoms with E-state index in [1.807, 2.05) is 28.8 Å². The number of para-hydroxylation sites is 2. The van der Waals surface area contributed by atoms with Crippen LogP contribution in [0.4, 0.5) is 0 Å². The van der Waals surface area contributed by atoms with Gasteiger partial charge in [-0.15, -0.1) is 0 Å². The summed E-state index contributed by atoms with van der Waals surface area (Å²) < 4.78 is 7.44. The Balaban J connectivity index is 1.64. The molecule has 1 N–H and O–H groups in total. The van der Waals surface area contributed by atoms with Crippen molar-refractivity contribution in [1.29, 1.82) is 0 Å². The van der Waals surface area contributed by atoms with Gasteiger partial charge in [-0.2, -0.15) is 0 Å². The van der Waals surface area contributed by atoms with E-state index in [0.29, 0.717) is 22.3 Å². The van der Waals surface area contributed by atoms with E-state index in [-0.39, 0.29) is 6.61 Å². The van der Waals surface area contributed by atoms with E-state index in [1.54, 1.807) is 24.5 Å². The first-order valence-electron chi connectivity index (χ1n) is 6.79. The second-order valence-electron chi connectivity index (χ2n) is 4.93. The first kappa shape index (κ1) is 15.2. The normalized spacial score (nSPS) is 12.5. The van der Waals surface area contributed by atoms with Gasteiger partial charge < -0.3 is 14.4 Å². The van der Waals surface area contributed by atoms with Gasteiger partial charge in [-0.1, -0.05) is 35.3 Å². The predicted molar refractivity (Wildman–Crippen MR) is 87.7 cm³/mol. The lowest BCUT2D eigenvalue weighted by Gasteiger charge is -2.14. The molecule has 0 aliphatic heterocycles. The number of rotatable bonds is 5. The smallest absolute Gasteiger partial charge is 0.138 e. The van der Waals surface area contributed by atoms with E-state index in [4.69, 9.17) is 27.9 Å². The minimum Gasteiger partial charge on any atom is -0.489 e. The molecule has 0 spiro atoms. The van der Waals surface area contributed by atoms with Gasteiger partial charge >= 0.3 is 0 Å². The van der Waals surface area contributed by atoms with Crippen LogP contribution >= 0.6 is 23.2 Å². The molecule has 3 rings (SSSR count). The van der Waals surface area contributed by atoms with Gasteiger partial charge in [-0.05, 0) is 30.3 Å². The number of ether oxygens (including phenoxy) is 1. The van der Waals surface area contributed by atoms with Crippen LogP contribution in [0.25, 0.3) is 11.0 Å². The maximum atomic E-state index is 10.1. The molecule has 22 heavy (non-hydrogen) atoms. The Hall–Kier alpha value is -1.75. The lowest BCUT2D eigenvalue weighted by atomic mass is 10.3. The lowest BCUT2D eigenvalue weighted by Crippen LogP contribution is -2.23. The molecule has 4 nitrogen and oxygen atoms in total. The Morgan fingerprint density at radius 1 is 1.18 bits per heavy atom. The van der Waals surface area contributed by atoms with E-state index in [2.05, 4.69) is 4.98 Å². The summed E-state index contributed by atoms with van der Waals surface area (Å²) in [4.78, 5) is 4.29. The monoisotopic (exact) mass is 336 g/mol. The molecule has 0 bridgehead atoms. The van der Waals surface area contributed by atoms with Crippen molar-refractivity contribution >= 4 is 34.2 Å². The van der Waals surface area contributed by atoms with Crippen molar-refractivity contribution in [3.63, 3.8) is 0 Å². The number of aliphatic hydroxyl groups excluding tert-OH is 1. The van der Waals surface area contributed by atoms with E-state index in [1.165, 1.54) is 0 Å². The molecule has 0 aliphatic carbocycles. The van der Waals surface area contributed by atoms with Crippen molar-refractivity contribution in [2.45, 2.75) is 12.6 Å². The zero-order valence-electron chi connectivity index (χ0n) is 11.6. The fourth-order valence-electron chi connectivity index (χ4n) is 2.21. The topological polar surface area (TPSA) is 47.3 Å². The highest BCUT2D eigenvalue weighted by atomic mass is 35.5. The zero-order valence-corrected chi connectivity index (χ0v) is 13.1. The van der Waals surface area contributed by atoms with Gasteiger partial charge in [0, 0.05) is 5.02 Å². The minimum atomic E-state index is -0.677. The maximum absolute atomic E-state index is 10.1. The number of halogens is 2. The fraction of sp³-hybridized carbons (Fsp3) is 0.188. The molecule has 6 heteroatoms. The molecule has 0 unspecified atom stereocenters. The summed E-state index contributed by atoms with van der Waals surface area (Å²) in [6.07, 6.45) is 1.03. The van der Waals surface area contributed by atoms with E-state index < -0.39 is 6.10 Å². The zero-order chi connectivity index (χ0) is 15.5. The molecular weight excluding hydrogens is 323 g/mol. The third-order valence-electron chi connectivity index (χ3n) is 3.26. The Labute approximate surface area is 137 Å². The molecule has 0 saturated heterocycles. The van der Waals surface area contributed by atoms with E-state index in [0.717, 1.165) is 11.0 Å².